The first-order chi connectivity index (χ1) is 15.5. The van der Waals surface area contributed by atoms with Gasteiger partial charge in [-0.3, -0.25) is 9.69 Å². The van der Waals surface area contributed by atoms with Crippen molar-refractivity contribution in [3.63, 3.8) is 0 Å². The zero-order chi connectivity index (χ0) is 22.6. The maximum absolute atomic E-state index is 13.3. The minimum Gasteiger partial charge on any atom is -0.494 e. The van der Waals surface area contributed by atoms with Crippen molar-refractivity contribution < 1.29 is 17.9 Å². The van der Waals surface area contributed by atoms with E-state index in [0.29, 0.717) is 11.7 Å². The quantitative estimate of drug-likeness (QED) is 0.376. The van der Waals surface area contributed by atoms with Crippen molar-refractivity contribution in [1.82, 2.24) is 4.98 Å². The summed E-state index contributed by atoms with van der Waals surface area (Å²) in [6.07, 6.45) is 0. The summed E-state index contributed by atoms with van der Waals surface area (Å²) in [5.74, 6) is -0.436. The fourth-order valence-electron chi connectivity index (χ4n) is 3.24. The van der Waals surface area contributed by atoms with Crippen molar-refractivity contribution >= 4 is 42.4 Å². The highest BCUT2D eigenvalue weighted by Crippen LogP contribution is 2.32. The molecule has 4 aromatic rings. The fourth-order valence-corrected chi connectivity index (χ4v) is 5.47. The molecule has 4 rings (SSSR count). The molecule has 0 saturated carbocycles. The molecule has 32 heavy (non-hydrogen) atoms. The Morgan fingerprint density at radius 3 is 2.38 bits per heavy atom. The molecule has 0 saturated heterocycles. The van der Waals surface area contributed by atoms with Crippen molar-refractivity contribution in [1.29, 1.82) is 0 Å². The number of rotatable bonds is 8. The van der Waals surface area contributed by atoms with E-state index in [0.717, 1.165) is 21.5 Å². The Bertz CT molecular complexity index is 1320. The Hall–Kier alpha value is -3.23. The van der Waals surface area contributed by atoms with Gasteiger partial charge in [0.1, 0.15) is 11.5 Å². The van der Waals surface area contributed by atoms with Crippen LogP contribution in [0, 0.1) is 0 Å². The molecule has 0 aliphatic rings. The van der Waals surface area contributed by atoms with Gasteiger partial charge in [0.25, 0.3) is 0 Å². The minimum atomic E-state index is -3.78. The minimum absolute atomic E-state index is 0.124. The normalized spacial score (nSPS) is 11.4. The van der Waals surface area contributed by atoms with Crippen molar-refractivity contribution in [2.75, 3.05) is 17.3 Å². The van der Waals surface area contributed by atoms with E-state index in [9.17, 15) is 13.2 Å². The monoisotopic (exact) mass is 466 g/mol. The molecule has 0 spiro atoms. The number of sulfone groups is 1. The molecule has 8 heteroatoms. The lowest BCUT2D eigenvalue weighted by atomic mass is 10.2. The summed E-state index contributed by atoms with van der Waals surface area (Å²) in [5, 5.41) is 0.450. The molecule has 0 fully saturated rings. The van der Waals surface area contributed by atoms with E-state index in [4.69, 9.17) is 4.74 Å². The maximum Gasteiger partial charge on any atom is 0.244 e. The summed E-state index contributed by atoms with van der Waals surface area (Å²) in [7, 11) is -3.78. The number of amides is 1. The Balaban J connectivity index is 1.68. The number of thiazole rings is 1. The largest absolute Gasteiger partial charge is 0.494 e. The van der Waals surface area contributed by atoms with Gasteiger partial charge in [0.15, 0.2) is 15.0 Å². The van der Waals surface area contributed by atoms with Crippen LogP contribution < -0.4 is 9.64 Å². The predicted octanol–water partition coefficient (Wildman–Crippen LogP) is 4.70. The lowest BCUT2D eigenvalue weighted by Crippen LogP contribution is -2.35. The number of benzene rings is 3. The molecular weight excluding hydrogens is 444 g/mol. The van der Waals surface area contributed by atoms with Gasteiger partial charge in [-0.15, -0.1) is 0 Å². The topological polar surface area (TPSA) is 76.6 Å². The van der Waals surface area contributed by atoms with Crippen LogP contribution >= 0.6 is 11.3 Å². The van der Waals surface area contributed by atoms with Crippen molar-refractivity contribution in [3.8, 4) is 5.75 Å². The predicted molar refractivity (Wildman–Crippen MR) is 127 cm³/mol. The van der Waals surface area contributed by atoms with E-state index in [1.54, 1.807) is 18.2 Å². The number of hydrogen-bond donors (Lipinski definition) is 0. The second kappa shape index (κ2) is 9.50. The maximum atomic E-state index is 13.3. The van der Waals surface area contributed by atoms with Crippen molar-refractivity contribution in [2.24, 2.45) is 0 Å². The molecule has 0 atom stereocenters. The van der Waals surface area contributed by atoms with Crippen LogP contribution in [-0.4, -0.2) is 31.7 Å². The molecule has 1 heterocycles. The summed E-state index contributed by atoms with van der Waals surface area (Å²) in [6.45, 7) is 2.69. The van der Waals surface area contributed by atoms with Crippen LogP contribution in [0.5, 0.6) is 5.75 Å². The van der Waals surface area contributed by atoms with Gasteiger partial charge in [-0.25, -0.2) is 13.4 Å². The zero-order valence-corrected chi connectivity index (χ0v) is 19.1. The summed E-state index contributed by atoms with van der Waals surface area (Å²) in [5.41, 5.74) is 1.61. The SMILES string of the molecule is CCOc1ccc2nc(N(Cc3ccccc3)C(=O)CS(=O)(=O)c3ccccc3)sc2c1. The van der Waals surface area contributed by atoms with E-state index in [2.05, 4.69) is 4.98 Å². The van der Waals surface area contributed by atoms with Gasteiger partial charge < -0.3 is 4.74 Å². The highest BCUT2D eigenvalue weighted by atomic mass is 32.2. The summed E-state index contributed by atoms with van der Waals surface area (Å²) in [4.78, 5) is 19.4. The number of aromatic nitrogens is 1. The van der Waals surface area contributed by atoms with E-state index < -0.39 is 21.5 Å². The number of nitrogens with zero attached hydrogens (tertiary/aromatic N) is 2. The highest BCUT2D eigenvalue weighted by molar-refractivity contribution is 7.92. The van der Waals surface area contributed by atoms with Crippen LogP contribution in [0.4, 0.5) is 5.13 Å². The average Bonchev–Trinajstić information content (AvgIpc) is 3.21. The first kappa shape index (κ1) is 22.0. The van der Waals surface area contributed by atoms with Crippen LogP contribution in [0.2, 0.25) is 0 Å². The third-order valence-corrected chi connectivity index (χ3v) is 7.45. The Kier molecular flexibility index (Phi) is 6.53. The molecule has 0 N–H and O–H groups in total. The number of anilines is 1. The van der Waals surface area contributed by atoms with Gasteiger partial charge in [0, 0.05) is 0 Å². The van der Waals surface area contributed by atoms with E-state index in [1.807, 2.05) is 55.5 Å². The lowest BCUT2D eigenvalue weighted by Gasteiger charge is -2.20. The Morgan fingerprint density at radius 2 is 1.69 bits per heavy atom. The standard InChI is InChI=1S/C24H22N2O4S2/c1-2-30-19-13-14-21-22(15-19)31-24(25-21)26(16-18-9-5-3-6-10-18)23(27)17-32(28,29)20-11-7-4-8-12-20/h3-15H,2,16-17H2,1H3. The molecule has 1 amide bonds. The van der Waals surface area contributed by atoms with Crippen LogP contribution in [0.15, 0.2) is 83.8 Å². The smallest absolute Gasteiger partial charge is 0.244 e. The van der Waals surface area contributed by atoms with E-state index in [-0.39, 0.29) is 11.4 Å². The van der Waals surface area contributed by atoms with Crippen molar-refractivity contribution in [2.45, 2.75) is 18.4 Å². The molecular formula is C24H22N2O4S2. The van der Waals surface area contributed by atoms with Crippen LogP contribution in [0.25, 0.3) is 10.2 Å². The second-order valence-corrected chi connectivity index (χ2v) is 10.1. The molecule has 3 aromatic carbocycles. The fraction of sp³-hybridized carbons (Fsp3) is 0.167. The number of carbonyl (C=O) groups excluding carboxylic acids is 1. The third kappa shape index (κ3) is 4.98. The molecule has 6 nitrogen and oxygen atoms in total. The number of hydrogen-bond acceptors (Lipinski definition) is 6. The molecule has 0 radical (unpaired) electrons. The third-order valence-electron chi connectivity index (χ3n) is 4.79. The van der Waals surface area contributed by atoms with E-state index >= 15 is 0 Å². The Morgan fingerprint density at radius 1 is 1.00 bits per heavy atom. The first-order valence-electron chi connectivity index (χ1n) is 10.1. The van der Waals surface area contributed by atoms with Crippen LogP contribution in [0.1, 0.15) is 12.5 Å². The molecule has 1 aromatic heterocycles. The number of fused-ring (bicyclic) bond motifs is 1. The van der Waals surface area contributed by atoms with Crippen LogP contribution in [0.3, 0.4) is 0 Å². The zero-order valence-electron chi connectivity index (χ0n) is 17.5. The van der Waals surface area contributed by atoms with E-state index in [1.165, 1.54) is 28.4 Å². The average molecular weight is 467 g/mol. The molecule has 0 unspecified atom stereocenters. The summed E-state index contributed by atoms with van der Waals surface area (Å²) >= 11 is 1.33. The molecule has 0 aliphatic carbocycles. The second-order valence-electron chi connectivity index (χ2n) is 7.10. The van der Waals surface area contributed by atoms with Gasteiger partial charge in [-0.1, -0.05) is 59.9 Å². The summed E-state index contributed by atoms with van der Waals surface area (Å²) in [6, 6.07) is 23.0. The lowest BCUT2D eigenvalue weighted by molar-refractivity contribution is -0.116. The number of carbonyl (C=O) groups is 1. The molecule has 0 aliphatic heterocycles. The van der Waals surface area contributed by atoms with Gasteiger partial charge in [-0.05, 0) is 42.8 Å². The highest BCUT2D eigenvalue weighted by Gasteiger charge is 2.26. The first-order valence-corrected chi connectivity index (χ1v) is 12.6. The Labute approximate surface area is 191 Å². The van der Waals surface area contributed by atoms with Gasteiger partial charge in [0.05, 0.1) is 28.3 Å². The van der Waals surface area contributed by atoms with Crippen LogP contribution in [-0.2, 0) is 21.2 Å². The van der Waals surface area contributed by atoms with Gasteiger partial charge in [-0.2, -0.15) is 0 Å². The molecule has 164 valence electrons. The van der Waals surface area contributed by atoms with Gasteiger partial charge >= 0.3 is 0 Å². The number of ether oxygens (including phenoxy) is 1. The van der Waals surface area contributed by atoms with Crippen molar-refractivity contribution in [3.05, 3.63) is 84.4 Å². The summed E-state index contributed by atoms with van der Waals surface area (Å²) < 4.78 is 32.1. The molecule has 0 bridgehead atoms. The van der Waals surface area contributed by atoms with Gasteiger partial charge in [0.2, 0.25) is 5.91 Å².